The Hall–Kier alpha value is -1.79. The molecule has 2 aromatic rings. The average molecular weight is 347 g/mol. The number of benzene rings is 1. The smallest absolute Gasteiger partial charge is 0.263 e. The highest BCUT2D eigenvalue weighted by atomic mass is 32.1. The first-order valence-corrected chi connectivity index (χ1v) is 9.26. The number of nitrogens with zero attached hydrogens (tertiary/aromatic N) is 1. The van der Waals surface area contributed by atoms with Crippen LogP contribution in [0.5, 0.6) is 11.5 Å². The maximum absolute atomic E-state index is 12.8. The number of hydrogen-bond acceptors (Lipinski definition) is 5. The summed E-state index contributed by atoms with van der Waals surface area (Å²) in [5.74, 6) is 1.09. The van der Waals surface area contributed by atoms with E-state index >= 15 is 0 Å². The summed E-state index contributed by atoms with van der Waals surface area (Å²) in [4.78, 5) is 15.3. The van der Waals surface area contributed by atoms with Gasteiger partial charge in [-0.15, -0.1) is 11.3 Å². The highest BCUT2D eigenvalue weighted by Gasteiger charge is 2.31. The Morgan fingerprint density at radius 2 is 1.83 bits per heavy atom. The normalized spacial score (nSPS) is 22.3. The van der Waals surface area contributed by atoms with Crippen LogP contribution < -0.4 is 0 Å². The van der Waals surface area contributed by atoms with Crippen LogP contribution >= 0.6 is 11.3 Å². The first-order valence-electron chi connectivity index (χ1n) is 8.44. The van der Waals surface area contributed by atoms with Crippen molar-refractivity contribution in [1.82, 2.24) is 4.90 Å². The Balaban J connectivity index is 1.46. The van der Waals surface area contributed by atoms with E-state index in [4.69, 9.17) is 4.74 Å². The van der Waals surface area contributed by atoms with Crippen molar-refractivity contribution in [3.8, 4) is 11.5 Å². The minimum absolute atomic E-state index is 0.0521. The molecule has 1 aromatic heterocycles. The van der Waals surface area contributed by atoms with Crippen molar-refractivity contribution in [3.63, 3.8) is 0 Å². The zero-order valence-corrected chi connectivity index (χ0v) is 14.2. The highest BCUT2D eigenvalue weighted by Crippen LogP contribution is 2.36. The number of thiophene rings is 1. The molecule has 0 bridgehead atoms. The molecule has 2 saturated heterocycles. The Morgan fingerprint density at radius 1 is 1.08 bits per heavy atom. The number of hydrogen-bond donors (Lipinski definition) is 2. The van der Waals surface area contributed by atoms with E-state index in [-0.39, 0.29) is 17.4 Å². The monoisotopic (exact) mass is 347 g/mol. The lowest BCUT2D eigenvalue weighted by atomic mass is 9.84. The Morgan fingerprint density at radius 3 is 2.54 bits per heavy atom. The molecule has 0 radical (unpaired) electrons. The van der Waals surface area contributed by atoms with Crippen molar-refractivity contribution in [1.29, 1.82) is 0 Å². The predicted octanol–water partition coefficient (Wildman–Crippen LogP) is 3.20. The van der Waals surface area contributed by atoms with Crippen LogP contribution in [0.3, 0.4) is 0 Å². The molecule has 2 aliphatic heterocycles. The number of aromatic hydroxyl groups is 2. The lowest BCUT2D eigenvalue weighted by molar-refractivity contribution is 0.0653. The third-order valence-electron chi connectivity index (χ3n) is 5.28. The molecule has 0 aliphatic carbocycles. The summed E-state index contributed by atoms with van der Waals surface area (Å²) in [6.07, 6.45) is 3.25. The summed E-state index contributed by atoms with van der Waals surface area (Å²) < 4.78 is 6.30. The summed E-state index contributed by atoms with van der Waals surface area (Å²) in [5.41, 5.74) is 0. The standard InChI is InChI=1S/C18H21NO4S/c20-14-7-13-8-17(24-16(13)9-15(14)21)18(22)19-4-1-11(2-5-19)12-3-6-23-10-12/h7-9,11-12,20-21H,1-6,10H2. The van der Waals surface area contributed by atoms with Crippen molar-refractivity contribution < 1.29 is 19.7 Å². The van der Waals surface area contributed by atoms with E-state index in [0.29, 0.717) is 16.7 Å². The van der Waals surface area contributed by atoms with Gasteiger partial charge in [0.25, 0.3) is 5.91 Å². The predicted molar refractivity (Wildman–Crippen MR) is 92.7 cm³/mol. The van der Waals surface area contributed by atoms with Gasteiger partial charge in [-0.05, 0) is 48.6 Å². The number of phenols is 2. The third kappa shape index (κ3) is 2.84. The van der Waals surface area contributed by atoms with E-state index in [1.165, 1.54) is 23.5 Å². The molecule has 1 unspecified atom stereocenters. The molecular formula is C18H21NO4S. The second-order valence-electron chi connectivity index (χ2n) is 6.74. The summed E-state index contributed by atoms with van der Waals surface area (Å²) in [6.45, 7) is 3.35. The molecule has 3 heterocycles. The molecule has 4 rings (SSSR count). The van der Waals surface area contributed by atoms with Gasteiger partial charge in [0.15, 0.2) is 11.5 Å². The number of carbonyl (C=O) groups is 1. The zero-order valence-electron chi connectivity index (χ0n) is 13.4. The number of amides is 1. The van der Waals surface area contributed by atoms with Gasteiger partial charge in [-0.1, -0.05) is 0 Å². The van der Waals surface area contributed by atoms with Crippen LogP contribution in [-0.2, 0) is 4.74 Å². The molecule has 2 fully saturated rings. The van der Waals surface area contributed by atoms with Gasteiger partial charge in [-0.2, -0.15) is 0 Å². The molecule has 2 N–H and O–H groups in total. The second kappa shape index (κ2) is 6.26. The van der Waals surface area contributed by atoms with E-state index < -0.39 is 0 Å². The number of carbonyl (C=O) groups excluding carboxylic acids is 1. The van der Waals surface area contributed by atoms with Crippen molar-refractivity contribution in [2.45, 2.75) is 19.3 Å². The van der Waals surface area contributed by atoms with Crippen LogP contribution in [0.1, 0.15) is 28.9 Å². The third-order valence-corrected chi connectivity index (χ3v) is 6.37. The molecule has 0 saturated carbocycles. The van der Waals surface area contributed by atoms with Gasteiger partial charge in [0.1, 0.15) is 0 Å². The fourth-order valence-corrected chi connectivity index (χ4v) is 4.87. The SMILES string of the molecule is O=C(c1cc2cc(O)c(O)cc2s1)N1CCC(C2CCOC2)CC1. The molecular weight excluding hydrogens is 326 g/mol. The van der Waals surface area contributed by atoms with E-state index in [9.17, 15) is 15.0 Å². The summed E-state index contributed by atoms with van der Waals surface area (Å²) >= 11 is 1.37. The maximum atomic E-state index is 12.8. The van der Waals surface area contributed by atoms with Crippen molar-refractivity contribution >= 4 is 27.3 Å². The van der Waals surface area contributed by atoms with Crippen molar-refractivity contribution in [3.05, 3.63) is 23.1 Å². The molecule has 1 amide bonds. The zero-order chi connectivity index (χ0) is 16.7. The lowest BCUT2D eigenvalue weighted by Gasteiger charge is -2.34. The van der Waals surface area contributed by atoms with Gasteiger partial charge in [0, 0.05) is 37.1 Å². The maximum Gasteiger partial charge on any atom is 0.263 e. The van der Waals surface area contributed by atoms with E-state index in [1.807, 2.05) is 4.90 Å². The fourth-order valence-electron chi connectivity index (χ4n) is 3.82. The number of rotatable bonds is 2. The molecule has 5 nitrogen and oxygen atoms in total. The molecule has 128 valence electrons. The average Bonchev–Trinajstić information content (AvgIpc) is 3.24. The second-order valence-corrected chi connectivity index (χ2v) is 7.83. The highest BCUT2D eigenvalue weighted by molar-refractivity contribution is 7.20. The quantitative estimate of drug-likeness (QED) is 0.819. The van der Waals surface area contributed by atoms with Crippen molar-refractivity contribution in [2.75, 3.05) is 26.3 Å². The molecule has 2 aliphatic rings. The van der Waals surface area contributed by atoms with Crippen LogP contribution in [-0.4, -0.2) is 47.3 Å². The summed E-state index contributed by atoms with van der Waals surface area (Å²) in [6, 6.07) is 4.82. The van der Waals surface area contributed by atoms with Crippen LogP contribution in [0, 0.1) is 11.8 Å². The van der Waals surface area contributed by atoms with Gasteiger partial charge in [-0.3, -0.25) is 4.79 Å². The van der Waals surface area contributed by atoms with Crippen molar-refractivity contribution in [2.24, 2.45) is 11.8 Å². The van der Waals surface area contributed by atoms with Crippen LogP contribution in [0.2, 0.25) is 0 Å². The van der Waals surface area contributed by atoms with Gasteiger partial charge in [-0.25, -0.2) is 0 Å². The molecule has 24 heavy (non-hydrogen) atoms. The van der Waals surface area contributed by atoms with E-state index in [2.05, 4.69) is 0 Å². The summed E-state index contributed by atoms with van der Waals surface area (Å²) in [5, 5.41) is 20.0. The largest absolute Gasteiger partial charge is 0.504 e. The molecule has 0 spiro atoms. The van der Waals surface area contributed by atoms with Gasteiger partial charge in [0.05, 0.1) is 4.88 Å². The fraction of sp³-hybridized carbons (Fsp3) is 0.500. The molecule has 1 atom stereocenters. The van der Waals surface area contributed by atoms with Gasteiger partial charge < -0.3 is 19.8 Å². The number of ether oxygens (including phenoxy) is 1. The Labute approximate surface area is 144 Å². The number of piperidine rings is 1. The first-order chi connectivity index (χ1) is 11.6. The van der Waals surface area contributed by atoms with E-state index in [0.717, 1.165) is 55.7 Å². The Bertz CT molecular complexity index is 719. The number of likely N-dealkylation sites (tertiary alicyclic amines) is 1. The van der Waals surface area contributed by atoms with Crippen LogP contribution in [0.4, 0.5) is 0 Å². The minimum atomic E-state index is -0.154. The lowest BCUT2D eigenvalue weighted by Crippen LogP contribution is -2.39. The number of phenolic OH excluding ortho intramolecular Hbond substituents is 2. The summed E-state index contributed by atoms with van der Waals surface area (Å²) in [7, 11) is 0. The van der Waals surface area contributed by atoms with Crippen LogP contribution in [0.25, 0.3) is 10.1 Å². The van der Waals surface area contributed by atoms with Gasteiger partial charge in [0.2, 0.25) is 0 Å². The first kappa shape index (κ1) is 15.7. The topological polar surface area (TPSA) is 70.0 Å². The minimum Gasteiger partial charge on any atom is -0.504 e. The molecule has 1 aromatic carbocycles. The number of fused-ring (bicyclic) bond motifs is 1. The van der Waals surface area contributed by atoms with Gasteiger partial charge >= 0.3 is 0 Å². The van der Waals surface area contributed by atoms with E-state index in [1.54, 1.807) is 6.07 Å². The van der Waals surface area contributed by atoms with Crippen LogP contribution in [0.15, 0.2) is 18.2 Å². The molecule has 6 heteroatoms. The Kier molecular flexibility index (Phi) is 4.10.